The van der Waals surface area contributed by atoms with E-state index in [1.807, 2.05) is 0 Å². The molecule has 0 saturated heterocycles. The number of hydrogen-bond donors (Lipinski definition) is 1. The molecule has 0 spiro atoms. The lowest BCUT2D eigenvalue weighted by molar-refractivity contribution is 0.681. The second kappa shape index (κ2) is 5.80. The third kappa shape index (κ3) is 2.90. The Kier molecular flexibility index (Phi) is 3.87. The lowest BCUT2D eigenvalue weighted by atomic mass is 9.98. The molecule has 0 fully saturated rings. The summed E-state index contributed by atoms with van der Waals surface area (Å²) < 4.78 is 0. The number of hydrogen-bond acceptors (Lipinski definition) is 2. The van der Waals surface area contributed by atoms with Crippen molar-refractivity contribution in [1.29, 1.82) is 0 Å². The molecule has 0 amide bonds. The summed E-state index contributed by atoms with van der Waals surface area (Å²) in [5, 5.41) is 3.56. The minimum atomic E-state index is 0.586. The average molecular weight is 280 g/mol. The smallest absolute Gasteiger partial charge is 0.0412 e. The van der Waals surface area contributed by atoms with Crippen molar-refractivity contribution in [2.24, 2.45) is 0 Å². The molecule has 1 atom stereocenters. The molecule has 1 unspecified atom stereocenters. The molecule has 0 saturated carbocycles. The Balaban J connectivity index is 1.85. The van der Waals surface area contributed by atoms with Gasteiger partial charge in [0.1, 0.15) is 0 Å². The molecular formula is C19H24N2. The molecule has 2 nitrogen and oxygen atoms in total. The molecule has 0 aliphatic carbocycles. The maximum atomic E-state index is 3.56. The van der Waals surface area contributed by atoms with Gasteiger partial charge in [0, 0.05) is 30.2 Å². The SMILES string of the molecule is CCc1ccc(N(C)c2ccc3c(c2)CCC(C)N3)cc1. The van der Waals surface area contributed by atoms with Crippen LogP contribution in [0, 0.1) is 0 Å². The van der Waals surface area contributed by atoms with Crippen LogP contribution in [0.5, 0.6) is 0 Å². The van der Waals surface area contributed by atoms with Crippen molar-refractivity contribution in [2.45, 2.75) is 39.2 Å². The first-order valence-corrected chi connectivity index (χ1v) is 7.89. The van der Waals surface area contributed by atoms with Gasteiger partial charge in [0.25, 0.3) is 0 Å². The third-order valence-corrected chi connectivity index (χ3v) is 4.46. The third-order valence-electron chi connectivity index (χ3n) is 4.46. The standard InChI is InChI=1S/C19H24N2/c1-4-15-6-9-17(10-7-15)21(3)18-11-12-19-16(13-18)8-5-14(2)20-19/h6-7,9-14,20H,4-5,8H2,1-3H3. The molecule has 1 aliphatic heterocycles. The Labute approximate surface area is 127 Å². The summed E-state index contributed by atoms with van der Waals surface area (Å²) in [4.78, 5) is 2.26. The molecule has 0 aromatic heterocycles. The van der Waals surface area contributed by atoms with Crippen molar-refractivity contribution in [1.82, 2.24) is 0 Å². The normalized spacial score (nSPS) is 17.0. The maximum absolute atomic E-state index is 3.56. The van der Waals surface area contributed by atoms with Crippen LogP contribution in [0.4, 0.5) is 17.1 Å². The average Bonchev–Trinajstić information content (AvgIpc) is 2.53. The second-order valence-electron chi connectivity index (χ2n) is 6.00. The minimum Gasteiger partial charge on any atom is -0.382 e. The molecule has 2 aromatic rings. The number of aryl methyl sites for hydroxylation is 2. The van der Waals surface area contributed by atoms with Crippen molar-refractivity contribution in [3.63, 3.8) is 0 Å². The fourth-order valence-corrected chi connectivity index (χ4v) is 2.95. The number of rotatable bonds is 3. The van der Waals surface area contributed by atoms with Crippen LogP contribution in [-0.2, 0) is 12.8 Å². The number of anilines is 3. The summed E-state index contributed by atoms with van der Waals surface area (Å²) in [5.41, 5.74) is 6.62. The summed E-state index contributed by atoms with van der Waals surface area (Å²) in [5.74, 6) is 0. The van der Waals surface area contributed by atoms with E-state index in [0.717, 1.165) is 6.42 Å². The largest absolute Gasteiger partial charge is 0.382 e. The Hall–Kier alpha value is -1.96. The van der Waals surface area contributed by atoms with Crippen LogP contribution in [0.15, 0.2) is 42.5 Å². The van der Waals surface area contributed by atoms with Gasteiger partial charge in [0.2, 0.25) is 0 Å². The molecule has 2 aromatic carbocycles. The summed E-state index contributed by atoms with van der Waals surface area (Å²) in [7, 11) is 2.14. The zero-order valence-electron chi connectivity index (χ0n) is 13.2. The van der Waals surface area contributed by atoms with E-state index in [9.17, 15) is 0 Å². The van der Waals surface area contributed by atoms with Gasteiger partial charge in [-0.1, -0.05) is 19.1 Å². The topological polar surface area (TPSA) is 15.3 Å². The van der Waals surface area contributed by atoms with Crippen molar-refractivity contribution in [2.75, 3.05) is 17.3 Å². The van der Waals surface area contributed by atoms with Gasteiger partial charge in [-0.2, -0.15) is 0 Å². The van der Waals surface area contributed by atoms with Crippen LogP contribution in [0.2, 0.25) is 0 Å². The highest BCUT2D eigenvalue weighted by molar-refractivity contribution is 5.68. The maximum Gasteiger partial charge on any atom is 0.0412 e. The van der Waals surface area contributed by atoms with Crippen LogP contribution < -0.4 is 10.2 Å². The minimum absolute atomic E-state index is 0.586. The van der Waals surface area contributed by atoms with E-state index in [0.29, 0.717) is 6.04 Å². The van der Waals surface area contributed by atoms with Crippen LogP contribution in [-0.4, -0.2) is 13.1 Å². The van der Waals surface area contributed by atoms with Gasteiger partial charge in [0.15, 0.2) is 0 Å². The van der Waals surface area contributed by atoms with Crippen molar-refractivity contribution in [3.05, 3.63) is 53.6 Å². The van der Waals surface area contributed by atoms with E-state index in [1.165, 1.54) is 41.0 Å². The van der Waals surface area contributed by atoms with Crippen molar-refractivity contribution < 1.29 is 0 Å². The van der Waals surface area contributed by atoms with Gasteiger partial charge < -0.3 is 10.2 Å². The van der Waals surface area contributed by atoms with Gasteiger partial charge in [0.05, 0.1) is 0 Å². The van der Waals surface area contributed by atoms with Crippen LogP contribution in [0.25, 0.3) is 0 Å². The number of fused-ring (bicyclic) bond motifs is 1. The van der Waals surface area contributed by atoms with E-state index in [1.54, 1.807) is 0 Å². The molecule has 1 heterocycles. The van der Waals surface area contributed by atoms with E-state index in [2.05, 4.69) is 73.6 Å². The molecule has 110 valence electrons. The lowest BCUT2D eigenvalue weighted by Gasteiger charge is -2.27. The van der Waals surface area contributed by atoms with Gasteiger partial charge in [-0.05, 0) is 67.6 Å². The molecule has 1 aliphatic rings. The van der Waals surface area contributed by atoms with Gasteiger partial charge in [-0.3, -0.25) is 0 Å². The van der Waals surface area contributed by atoms with Crippen molar-refractivity contribution >= 4 is 17.1 Å². The second-order valence-corrected chi connectivity index (χ2v) is 6.00. The Morgan fingerprint density at radius 1 is 1.10 bits per heavy atom. The molecule has 2 heteroatoms. The van der Waals surface area contributed by atoms with Gasteiger partial charge in [-0.25, -0.2) is 0 Å². The molecule has 0 bridgehead atoms. The fourth-order valence-electron chi connectivity index (χ4n) is 2.95. The summed E-state index contributed by atoms with van der Waals surface area (Å²) in [6.07, 6.45) is 3.47. The van der Waals surface area contributed by atoms with Crippen molar-refractivity contribution in [3.8, 4) is 0 Å². The highest BCUT2D eigenvalue weighted by Crippen LogP contribution is 2.31. The first-order chi connectivity index (χ1) is 10.2. The Morgan fingerprint density at radius 2 is 1.81 bits per heavy atom. The zero-order valence-corrected chi connectivity index (χ0v) is 13.2. The highest BCUT2D eigenvalue weighted by Gasteiger charge is 2.15. The first kappa shape index (κ1) is 14.0. The number of nitrogens with zero attached hydrogens (tertiary/aromatic N) is 1. The highest BCUT2D eigenvalue weighted by atomic mass is 15.1. The van der Waals surface area contributed by atoms with Crippen LogP contribution in [0.3, 0.4) is 0 Å². The van der Waals surface area contributed by atoms with E-state index >= 15 is 0 Å². The summed E-state index contributed by atoms with van der Waals surface area (Å²) in [6, 6.07) is 16.2. The molecule has 21 heavy (non-hydrogen) atoms. The zero-order chi connectivity index (χ0) is 14.8. The van der Waals surface area contributed by atoms with E-state index in [4.69, 9.17) is 0 Å². The predicted octanol–water partition coefficient (Wildman–Crippen LogP) is 4.76. The summed E-state index contributed by atoms with van der Waals surface area (Å²) in [6.45, 7) is 4.44. The predicted molar refractivity (Wildman–Crippen MR) is 91.7 cm³/mol. The Bertz CT molecular complexity index is 616. The molecule has 0 radical (unpaired) electrons. The van der Waals surface area contributed by atoms with Gasteiger partial charge >= 0.3 is 0 Å². The monoisotopic (exact) mass is 280 g/mol. The summed E-state index contributed by atoms with van der Waals surface area (Å²) >= 11 is 0. The van der Waals surface area contributed by atoms with E-state index < -0.39 is 0 Å². The lowest BCUT2D eigenvalue weighted by Crippen LogP contribution is -2.22. The number of nitrogens with one attached hydrogen (secondary N) is 1. The molecule has 3 rings (SSSR count). The Morgan fingerprint density at radius 3 is 2.52 bits per heavy atom. The van der Waals surface area contributed by atoms with Crippen LogP contribution >= 0.6 is 0 Å². The van der Waals surface area contributed by atoms with Crippen LogP contribution in [0.1, 0.15) is 31.4 Å². The first-order valence-electron chi connectivity index (χ1n) is 7.89. The molecular weight excluding hydrogens is 256 g/mol. The quantitative estimate of drug-likeness (QED) is 0.871. The molecule has 1 N–H and O–H groups in total. The number of benzene rings is 2. The van der Waals surface area contributed by atoms with E-state index in [-0.39, 0.29) is 0 Å². The fraction of sp³-hybridized carbons (Fsp3) is 0.368. The van der Waals surface area contributed by atoms with Gasteiger partial charge in [-0.15, -0.1) is 0 Å².